The zero-order valence-electron chi connectivity index (χ0n) is 13.1. The van der Waals surface area contributed by atoms with Crippen LogP contribution in [0.5, 0.6) is 0 Å². The van der Waals surface area contributed by atoms with Crippen molar-refractivity contribution >= 4 is 20.0 Å². The smallest absolute Gasteiger partial charge is 0.501 e. The molecule has 0 N–H and O–H groups in total. The van der Waals surface area contributed by atoms with E-state index in [9.17, 15) is 4.55 Å². The molecule has 2 unspecified atom stereocenters. The van der Waals surface area contributed by atoms with E-state index in [2.05, 4.69) is 6.92 Å². The predicted molar refractivity (Wildman–Crippen MR) is 82.8 cm³/mol. The van der Waals surface area contributed by atoms with Crippen molar-refractivity contribution in [3.8, 4) is 0 Å². The summed E-state index contributed by atoms with van der Waals surface area (Å²) in [7, 11) is -2.54. The lowest BCUT2D eigenvalue weighted by molar-refractivity contribution is 0.0712. The van der Waals surface area contributed by atoms with Gasteiger partial charge in [-0.1, -0.05) is 18.1 Å². The maximum atomic E-state index is 11.9. The van der Waals surface area contributed by atoms with Crippen molar-refractivity contribution < 1.29 is 17.8 Å². The first-order valence-corrected chi connectivity index (χ1v) is 10.7. The molecule has 0 aliphatic rings. The summed E-state index contributed by atoms with van der Waals surface area (Å²) in [4.78, 5) is 0. The third-order valence-electron chi connectivity index (χ3n) is 2.94. The van der Waals surface area contributed by atoms with Crippen LogP contribution in [0.3, 0.4) is 0 Å². The van der Waals surface area contributed by atoms with Gasteiger partial charge in [-0.15, -0.1) is 0 Å². The van der Waals surface area contributed by atoms with Crippen LogP contribution in [0, 0.1) is 0 Å². The van der Waals surface area contributed by atoms with Gasteiger partial charge in [-0.2, -0.15) is 0 Å². The second-order valence-corrected chi connectivity index (χ2v) is 9.10. The van der Waals surface area contributed by atoms with Crippen LogP contribution in [0.4, 0.5) is 0 Å². The Kier molecular flexibility index (Phi) is 11.3. The summed E-state index contributed by atoms with van der Waals surface area (Å²) in [5.41, 5.74) is 0. The molecule has 6 heteroatoms. The van der Waals surface area contributed by atoms with Crippen LogP contribution in [0.1, 0.15) is 47.5 Å². The Morgan fingerprint density at radius 1 is 1.00 bits per heavy atom. The summed E-state index contributed by atoms with van der Waals surface area (Å²) in [6.45, 7) is 11.8. The minimum absolute atomic E-state index is 0.266. The highest BCUT2D eigenvalue weighted by molar-refractivity contribution is 7.91. The van der Waals surface area contributed by atoms with Gasteiger partial charge in [0.1, 0.15) is 11.0 Å². The van der Waals surface area contributed by atoms with E-state index in [1.54, 1.807) is 0 Å². The molecule has 0 heterocycles. The number of rotatable bonds is 12. The van der Waals surface area contributed by atoms with Gasteiger partial charge in [0.05, 0.1) is 0 Å². The van der Waals surface area contributed by atoms with E-state index in [4.69, 9.17) is 13.3 Å². The molecule has 0 aliphatic carbocycles. The van der Waals surface area contributed by atoms with Crippen molar-refractivity contribution in [3.63, 3.8) is 0 Å². The normalized spacial score (nSPS) is 15.5. The second-order valence-electron chi connectivity index (χ2n) is 4.39. The molecule has 0 aliphatic heterocycles. The first kappa shape index (κ1) is 19.4. The molecule has 2 atom stereocenters. The molecule has 0 saturated heterocycles. The molecule has 0 aromatic rings. The van der Waals surface area contributed by atoms with Crippen LogP contribution in [0.15, 0.2) is 0 Å². The fourth-order valence-electron chi connectivity index (χ4n) is 1.82. The van der Waals surface area contributed by atoms with Gasteiger partial charge in [0.2, 0.25) is 0 Å². The van der Waals surface area contributed by atoms with Gasteiger partial charge < -0.3 is 17.8 Å². The summed E-state index contributed by atoms with van der Waals surface area (Å²) in [6.07, 6.45) is 1.79. The molecule has 19 heavy (non-hydrogen) atoms. The van der Waals surface area contributed by atoms with Crippen LogP contribution < -0.4 is 0 Å². The van der Waals surface area contributed by atoms with E-state index < -0.39 is 20.0 Å². The van der Waals surface area contributed by atoms with Crippen LogP contribution in [-0.4, -0.2) is 44.2 Å². The van der Waals surface area contributed by atoms with E-state index >= 15 is 0 Å². The SMILES string of the molecule is CCO[Si](CCC[S+]([O-])C(C)CC)(OCC)OCC. The quantitative estimate of drug-likeness (QED) is 0.411. The molecule has 0 radical (unpaired) electrons. The van der Waals surface area contributed by atoms with Crippen LogP contribution in [0.2, 0.25) is 6.04 Å². The fraction of sp³-hybridized carbons (Fsp3) is 1.00. The monoisotopic (exact) mass is 310 g/mol. The van der Waals surface area contributed by atoms with Gasteiger partial charge >= 0.3 is 8.80 Å². The zero-order valence-corrected chi connectivity index (χ0v) is 14.9. The Morgan fingerprint density at radius 2 is 1.47 bits per heavy atom. The molecule has 0 saturated carbocycles. The Labute approximate surface area is 122 Å². The van der Waals surface area contributed by atoms with Crippen LogP contribution >= 0.6 is 0 Å². The van der Waals surface area contributed by atoms with Gasteiger partial charge in [0.25, 0.3) is 0 Å². The third kappa shape index (κ3) is 7.68. The largest absolute Gasteiger partial charge is 0.616 e. The summed E-state index contributed by atoms with van der Waals surface area (Å²) in [6, 6.07) is 0.755. The molecule has 0 amide bonds. The molecular formula is C13H30O4SSi. The maximum absolute atomic E-state index is 11.9. The van der Waals surface area contributed by atoms with Gasteiger partial charge in [-0.05, 0) is 40.5 Å². The summed E-state index contributed by atoms with van der Waals surface area (Å²) in [5.74, 6) is 0.705. The minimum Gasteiger partial charge on any atom is -0.616 e. The standard InChI is InChI=1S/C13H30O4SSi/c1-6-13(5)18(14)11-10-12-19(15-7-2,16-8-3)17-9-4/h13H,6-12H2,1-5H3. The first-order chi connectivity index (χ1) is 9.05. The van der Waals surface area contributed by atoms with E-state index in [1.807, 2.05) is 27.7 Å². The van der Waals surface area contributed by atoms with Gasteiger partial charge in [-0.3, -0.25) is 0 Å². The first-order valence-electron chi connectivity index (χ1n) is 7.34. The number of hydrogen-bond donors (Lipinski definition) is 0. The van der Waals surface area contributed by atoms with E-state index in [0.717, 1.165) is 18.9 Å². The Bertz CT molecular complexity index is 202. The number of hydrogen-bond acceptors (Lipinski definition) is 4. The van der Waals surface area contributed by atoms with Crippen molar-refractivity contribution in [1.29, 1.82) is 0 Å². The lowest BCUT2D eigenvalue weighted by atomic mass is 10.4. The second kappa shape index (κ2) is 11.1. The molecule has 0 bridgehead atoms. The van der Waals surface area contributed by atoms with E-state index in [-0.39, 0.29) is 5.25 Å². The molecule has 116 valence electrons. The molecule has 0 spiro atoms. The molecule has 0 aromatic heterocycles. The molecule has 0 rings (SSSR count). The van der Waals surface area contributed by atoms with E-state index in [1.165, 1.54) is 0 Å². The van der Waals surface area contributed by atoms with Crippen molar-refractivity contribution in [2.75, 3.05) is 25.6 Å². The highest BCUT2D eigenvalue weighted by Crippen LogP contribution is 2.20. The summed E-state index contributed by atoms with van der Waals surface area (Å²) < 4.78 is 29.3. The maximum Gasteiger partial charge on any atom is 0.501 e. The topological polar surface area (TPSA) is 50.8 Å². The average Bonchev–Trinajstić information content (AvgIpc) is 2.38. The van der Waals surface area contributed by atoms with Crippen molar-refractivity contribution in [3.05, 3.63) is 0 Å². The summed E-state index contributed by atoms with van der Waals surface area (Å²) >= 11 is -0.756. The van der Waals surface area contributed by atoms with Crippen molar-refractivity contribution in [2.24, 2.45) is 0 Å². The average molecular weight is 311 g/mol. The molecule has 0 aromatic carbocycles. The summed E-state index contributed by atoms with van der Waals surface area (Å²) in [5, 5.41) is 0.266. The Hall–Kier alpha value is 0.407. The highest BCUT2D eigenvalue weighted by atomic mass is 32.2. The Morgan fingerprint density at radius 3 is 1.84 bits per heavy atom. The highest BCUT2D eigenvalue weighted by Gasteiger charge is 2.40. The van der Waals surface area contributed by atoms with Gasteiger partial charge in [0.15, 0.2) is 0 Å². The molecule has 0 fully saturated rings. The fourth-order valence-corrected chi connectivity index (χ4v) is 5.89. The predicted octanol–water partition coefficient (Wildman–Crippen LogP) is 2.97. The zero-order chi connectivity index (χ0) is 14.7. The Balaban J connectivity index is 4.31. The van der Waals surface area contributed by atoms with Crippen LogP contribution in [0.25, 0.3) is 0 Å². The lowest BCUT2D eigenvalue weighted by Crippen LogP contribution is -2.46. The van der Waals surface area contributed by atoms with Crippen molar-refractivity contribution in [2.45, 2.75) is 58.8 Å². The van der Waals surface area contributed by atoms with E-state index in [0.29, 0.717) is 25.6 Å². The molecule has 4 nitrogen and oxygen atoms in total. The van der Waals surface area contributed by atoms with Crippen LogP contribution in [-0.2, 0) is 24.5 Å². The molecular weight excluding hydrogens is 280 g/mol. The van der Waals surface area contributed by atoms with Gasteiger partial charge in [0, 0.05) is 25.9 Å². The van der Waals surface area contributed by atoms with Gasteiger partial charge in [-0.25, -0.2) is 0 Å². The van der Waals surface area contributed by atoms with Crippen molar-refractivity contribution in [1.82, 2.24) is 0 Å². The minimum atomic E-state index is -2.54. The third-order valence-corrected chi connectivity index (χ3v) is 8.02. The lowest BCUT2D eigenvalue weighted by Gasteiger charge is -2.28.